The van der Waals surface area contributed by atoms with Gasteiger partial charge in [-0.15, -0.1) is 11.3 Å². The number of hydrogen-bond acceptors (Lipinski definition) is 7. The zero-order chi connectivity index (χ0) is 22.7. The first-order valence-electron chi connectivity index (χ1n) is 8.49. The third-order valence-electron chi connectivity index (χ3n) is 3.31. The first-order chi connectivity index (χ1) is 13.8. The van der Waals surface area contributed by atoms with Gasteiger partial charge in [0, 0.05) is 6.20 Å². The highest BCUT2D eigenvalue weighted by Crippen LogP contribution is 2.35. The van der Waals surface area contributed by atoms with Crippen molar-refractivity contribution in [3.63, 3.8) is 0 Å². The number of rotatable bonds is 5. The smallest absolute Gasteiger partial charge is 0.418 e. The fraction of sp³-hybridized carbons (Fsp3) is 0.389. The van der Waals surface area contributed by atoms with Crippen molar-refractivity contribution in [2.45, 2.75) is 39.5 Å². The number of nitrogens with zero attached hydrogens (tertiary/aromatic N) is 3. The monoisotopic (exact) mass is 462 g/mol. The molecule has 0 aliphatic carbocycles. The molecule has 1 amide bonds. The Kier molecular flexibility index (Phi) is 7.19. The van der Waals surface area contributed by atoms with Crippen molar-refractivity contribution in [3.8, 4) is 0 Å². The van der Waals surface area contributed by atoms with Gasteiger partial charge in [0.2, 0.25) is 0 Å². The molecule has 0 aliphatic heterocycles. The van der Waals surface area contributed by atoms with E-state index in [1.165, 1.54) is 6.20 Å². The summed E-state index contributed by atoms with van der Waals surface area (Å²) < 4.78 is 43.9. The summed E-state index contributed by atoms with van der Waals surface area (Å²) >= 11 is 6.47. The molecule has 0 spiro atoms. The fourth-order valence-electron chi connectivity index (χ4n) is 2.07. The number of amides is 1. The Morgan fingerprint density at radius 1 is 1.23 bits per heavy atom. The molecule has 0 atom stereocenters. The van der Waals surface area contributed by atoms with E-state index < -0.39 is 34.2 Å². The standard InChI is InChI=1S/C18H18ClF3N4O3S/c1-9(23-8-14(27)29-17(2,3)4)16-25-7-12(30-16)15(28)26-13-5-10(18(20,21)22)11(19)6-24-13/h5-7H,8H2,1-4H3,(H,24,26,28). The molecular weight excluding hydrogens is 445 g/mol. The fourth-order valence-corrected chi connectivity index (χ4v) is 3.06. The molecule has 162 valence electrons. The normalized spacial score (nSPS) is 12.6. The summed E-state index contributed by atoms with van der Waals surface area (Å²) in [7, 11) is 0. The molecule has 2 rings (SSSR count). The minimum absolute atomic E-state index is 0.127. The zero-order valence-electron chi connectivity index (χ0n) is 16.4. The molecule has 0 fully saturated rings. The first-order valence-corrected chi connectivity index (χ1v) is 9.69. The lowest BCUT2D eigenvalue weighted by Gasteiger charge is -2.18. The number of aliphatic imine (C=N–C) groups is 1. The van der Waals surface area contributed by atoms with Gasteiger partial charge < -0.3 is 10.1 Å². The van der Waals surface area contributed by atoms with Crippen LogP contribution in [0, 0.1) is 0 Å². The number of carbonyl (C=O) groups excluding carboxylic acids is 2. The van der Waals surface area contributed by atoms with E-state index >= 15 is 0 Å². The predicted octanol–water partition coefficient (Wildman–Crippen LogP) is 4.61. The quantitative estimate of drug-likeness (QED) is 0.517. The third kappa shape index (κ3) is 6.77. The molecule has 1 N–H and O–H groups in total. The van der Waals surface area contributed by atoms with Crippen LogP contribution in [0.3, 0.4) is 0 Å². The van der Waals surface area contributed by atoms with Crippen molar-refractivity contribution in [3.05, 3.63) is 38.9 Å². The molecule has 2 aromatic heterocycles. The average molecular weight is 463 g/mol. The summed E-state index contributed by atoms with van der Waals surface area (Å²) in [5.74, 6) is -1.51. The van der Waals surface area contributed by atoms with Crippen LogP contribution in [-0.2, 0) is 15.7 Å². The summed E-state index contributed by atoms with van der Waals surface area (Å²) in [5.41, 5.74) is -1.33. The van der Waals surface area contributed by atoms with E-state index in [0.29, 0.717) is 16.8 Å². The van der Waals surface area contributed by atoms with Crippen molar-refractivity contribution in [2.75, 3.05) is 11.9 Å². The number of thiazole rings is 1. The maximum atomic E-state index is 12.9. The Hall–Kier alpha value is -2.53. The van der Waals surface area contributed by atoms with Crippen LogP contribution < -0.4 is 5.32 Å². The van der Waals surface area contributed by atoms with E-state index in [4.69, 9.17) is 16.3 Å². The van der Waals surface area contributed by atoms with Gasteiger partial charge in [-0.2, -0.15) is 13.2 Å². The van der Waals surface area contributed by atoms with Crippen LogP contribution in [0.15, 0.2) is 23.5 Å². The third-order valence-corrected chi connectivity index (χ3v) is 4.71. The molecule has 2 heterocycles. The SMILES string of the molecule is CC(=NCC(=O)OC(C)(C)C)c1ncc(C(=O)Nc2cc(C(F)(F)F)c(Cl)cn2)s1. The van der Waals surface area contributed by atoms with E-state index in [2.05, 4.69) is 20.3 Å². The maximum Gasteiger partial charge on any atom is 0.418 e. The molecule has 0 saturated carbocycles. The summed E-state index contributed by atoms with van der Waals surface area (Å²) in [6.07, 6.45) is -2.62. The predicted molar refractivity (Wildman–Crippen MR) is 107 cm³/mol. The second-order valence-corrected chi connectivity index (χ2v) is 8.46. The topological polar surface area (TPSA) is 93.5 Å². The molecule has 0 saturated heterocycles. The molecule has 7 nitrogen and oxygen atoms in total. The summed E-state index contributed by atoms with van der Waals surface area (Å²) in [4.78, 5) is 36.0. The number of aromatic nitrogens is 2. The van der Waals surface area contributed by atoms with Gasteiger partial charge in [0.25, 0.3) is 5.91 Å². The number of nitrogens with one attached hydrogen (secondary N) is 1. The number of ether oxygens (including phenoxy) is 1. The Morgan fingerprint density at radius 2 is 1.90 bits per heavy atom. The van der Waals surface area contributed by atoms with Gasteiger partial charge in [-0.3, -0.25) is 14.6 Å². The lowest BCUT2D eigenvalue weighted by Crippen LogP contribution is -2.25. The summed E-state index contributed by atoms with van der Waals surface area (Å²) in [5, 5.41) is 2.08. The van der Waals surface area contributed by atoms with Crippen LogP contribution in [0.5, 0.6) is 0 Å². The molecule has 12 heteroatoms. The van der Waals surface area contributed by atoms with Gasteiger partial charge in [0.05, 0.1) is 22.5 Å². The van der Waals surface area contributed by atoms with Gasteiger partial charge >= 0.3 is 12.1 Å². The number of alkyl halides is 3. The lowest BCUT2D eigenvalue weighted by atomic mass is 10.2. The van der Waals surface area contributed by atoms with Crippen LogP contribution in [0.25, 0.3) is 0 Å². The van der Waals surface area contributed by atoms with Crippen LogP contribution in [0.4, 0.5) is 19.0 Å². The number of anilines is 1. The van der Waals surface area contributed by atoms with Gasteiger partial charge in [-0.1, -0.05) is 11.6 Å². The van der Waals surface area contributed by atoms with Crippen molar-refractivity contribution in [1.82, 2.24) is 9.97 Å². The van der Waals surface area contributed by atoms with Crippen LogP contribution in [-0.4, -0.2) is 39.7 Å². The van der Waals surface area contributed by atoms with E-state index in [1.807, 2.05) is 0 Å². The second kappa shape index (κ2) is 9.09. The number of carbonyl (C=O) groups is 2. The number of hydrogen-bond donors (Lipinski definition) is 1. The summed E-state index contributed by atoms with van der Waals surface area (Å²) in [6, 6.07) is 0.649. The van der Waals surface area contributed by atoms with Crippen molar-refractivity contribution < 1.29 is 27.5 Å². The van der Waals surface area contributed by atoms with E-state index in [1.54, 1.807) is 27.7 Å². The Bertz CT molecular complexity index is 984. The zero-order valence-corrected chi connectivity index (χ0v) is 18.0. The molecule has 30 heavy (non-hydrogen) atoms. The van der Waals surface area contributed by atoms with Crippen molar-refractivity contribution in [2.24, 2.45) is 4.99 Å². The molecule has 2 aromatic rings. The Balaban J connectivity index is 2.08. The van der Waals surface area contributed by atoms with Crippen molar-refractivity contribution in [1.29, 1.82) is 0 Å². The van der Waals surface area contributed by atoms with E-state index in [0.717, 1.165) is 17.5 Å². The van der Waals surface area contributed by atoms with Gasteiger partial charge in [0.15, 0.2) is 0 Å². The number of esters is 1. The van der Waals surface area contributed by atoms with Gasteiger partial charge in [-0.25, -0.2) is 9.97 Å². The number of halogens is 4. The Labute approximate surface area is 179 Å². The van der Waals surface area contributed by atoms with Crippen molar-refractivity contribution >= 4 is 46.3 Å². The second-order valence-electron chi connectivity index (χ2n) is 7.02. The highest BCUT2D eigenvalue weighted by Gasteiger charge is 2.34. The highest BCUT2D eigenvalue weighted by atomic mass is 35.5. The van der Waals surface area contributed by atoms with E-state index in [-0.39, 0.29) is 17.2 Å². The average Bonchev–Trinajstić information content (AvgIpc) is 3.09. The molecule has 0 bridgehead atoms. The summed E-state index contributed by atoms with van der Waals surface area (Å²) in [6.45, 7) is 6.61. The van der Waals surface area contributed by atoms with Crippen LogP contribution in [0.2, 0.25) is 5.02 Å². The lowest BCUT2D eigenvalue weighted by molar-refractivity contribution is -0.152. The maximum absolute atomic E-state index is 12.9. The molecule has 0 aromatic carbocycles. The number of pyridine rings is 1. The first kappa shape index (κ1) is 23.7. The largest absolute Gasteiger partial charge is 0.459 e. The van der Waals surface area contributed by atoms with E-state index in [9.17, 15) is 22.8 Å². The van der Waals surface area contributed by atoms with Gasteiger partial charge in [0.1, 0.15) is 27.8 Å². The molecule has 0 unspecified atom stereocenters. The highest BCUT2D eigenvalue weighted by molar-refractivity contribution is 7.15. The molecular formula is C18H18ClF3N4O3S. The molecule has 0 radical (unpaired) electrons. The minimum Gasteiger partial charge on any atom is -0.459 e. The minimum atomic E-state index is -4.68. The molecule has 0 aliphatic rings. The van der Waals surface area contributed by atoms with Crippen LogP contribution in [0.1, 0.15) is 47.9 Å². The Morgan fingerprint density at radius 3 is 2.50 bits per heavy atom. The van der Waals surface area contributed by atoms with Gasteiger partial charge in [-0.05, 0) is 33.8 Å². The van der Waals surface area contributed by atoms with Crippen LogP contribution >= 0.6 is 22.9 Å².